The molecule has 0 radical (unpaired) electrons. The predicted molar refractivity (Wildman–Crippen MR) is 101 cm³/mol. The van der Waals surface area contributed by atoms with Gasteiger partial charge in [0, 0.05) is 5.69 Å². The predicted octanol–water partition coefficient (Wildman–Crippen LogP) is 1.97. The molecule has 0 aromatic heterocycles. The number of anilines is 2. The van der Waals surface area contributed by atoms with Crippen LogP contribution in [-0.2, 0) is 9.59 Å². The molecule has 2 rings (SSSR count). The van der Waals surface area contributed by atoms with Crippen LogP contribution in [0.2, 0.25) is 5.02 Å². The van der Waals surface area contributed by atoms with Crippen LogP contribution in [0.15, 0.2) is 36.4 Å². The summed E-state index contributed by atoms with van der Waals surface area (Å²) in [5, 5.41) is 13.9. The van der Waals surface area contributed by atoms with E-state index in [0.29, 0.717) is 17.1 Å². The van der Waals surface area contributed by atoms with Gasteiger partial charge in [-0.1, -0.05) is 17.7 Å². The van der Waals surface area contributed by atoms with Crippen molar-refractivity contribution in [3.8, 4) is 6.07 Å². The van der Waals surface area contributed by atoms with E-state index in [4.69, 9.17) is 16.9 Å². The van der Waals surface area contributed by atoms with Crippen molar-refractivity contribution in [2.75, 3.05) is 30.3 Å². The van der Waals surface area contributed by atoms with Crippen molar-refractivity contribution < 1.29 is 23.3 Å². The topological polar surface area (TPSA) is 86.4 Å². The van der Waals surface area contributed by atoms with E-state index in [2.05, 4.69) is 10.6 Å². The van der Waals surface area contributed by atoms with E-state index < -0.39 is 23.2 Å². The Labute approximate surface area is 165 Å². The van der Waals surface area contributed by atoms with Crippen molar-refractivity contribution >= 4 is 34.8 Å². The number of nitrogens with one attached hydrogen (secondary N) is 3. The number of likely N-dealkylation sites (N-methyl/N-ethyl adjacent to an activating group) is 1. The number of quaternary nitrogens is 1. The highest BCUT2D eigenvalue weighted by atomic mass is 35.5. The zero-order valence-electron chi connectivity index (χ0n) is 15.0. The highest BCUT2D eigenvalue weighted by Crippen LogP contribution is 2.20. The summed E-state index contributed by atoms with van der Waals surface area (Å²) in [6.45, 7) is 2.03. The second-order valence-corrected chi connectivity index (χ2v) is 6.36. The molecule has 0 saturated heterocycles. The third-order valence-corrected chi connectivity index (χ3v) is 4.23. The number of carbonyl (C=O) groups excluding carboxylic acids is 2. The van der Waals surface area contributed by atoms with Crippen molar-refractivity contribution in [3.05, 3.63) is 58.6 Å². The van der Waals surface area contributed by atoms with E-state index in [-0.39, 0.29) is 29.6 Å². The molecule has 0 aliphatic heterocycles. The molecule has 0 fully saturated rings. The number of halogens is 3. The highest BCUT2D eigenvalue weighted by Gasteiger charge is 2.19. The number of rotatable bonds is 7. The fraction of sp³-hybridized carbons (Fsp3) is 0.211. The average Bonchev–Trinajstić information content (AvgIpc) is 2.64. The maximum Gasteiger partial charge on any atom is 0.279 e. The normalized spacial score (nSPS) is 11.4. The fourth-order valence-corrected chi connectivity index (χ4v) is 2.68. The number of nitrogens with zero attached hydrogens (tertiary/aromatic N) is 1. The maximum atomic E-state index is 13.6. The van der Waals surface area contributed by atoms with Gasteiger partial charge in [0.25, 0.3) is 11.8 Å². The van der Waals surface area contributed by atoms with Crippen LogP contribution in [0.5, 0.6) is 0 Å². The molecule has 0 aliphatic rings. The molecule has 1 atom stereocenters. The SMILES string of the molecule is CC[NH+](CC(=O)Nc1ccc(C#N)c(Cl)c1)CC(=O)Nc1c(F)cccc1F. The van der Waals surface area contributed by atoms with Gasteiger partial charge in [-0.3, -0.25) is 9.59 Å². The summed E-state index contributed by atoms with van der Waals surface area (Å²) >= 11 is 5.92. The summed E-state index contributed by atoms with van der Waals surface area (Å²) in [6, 6.07) is 9.68. The molecule has 3 N–H and O–H groups in total. The molecule has 6 nitrogen and oxygen atoms in total. The number of hydrogen-bond acceptors (Lipinski definition) is 3. The number of nitriles is 1. The van der Waals surface area contributed by atoms with Crippen LogP contribution in [-0.4, -0.2) is 31.4 Å². The van der Waals surface area contributed by atoms with Gasteiger partial charge in [-0.25, -0.2) is 8.78 Å². The standard InChI is InChI=1S/C19H17ClF2N4O2/c1-2-26(11-18(28)25-19-15(21)4-3-5-16(19)22)10-17(27)24-13-7-6-12(9-23)14(20)8-13/h3-8H,2,10-11H2,1H3,(H,24,27)(H,25,28)/p+1. The van der Waals surface area contributed by atoms with Crippen LogP contribution >= 0.6 is 11.6 Å². The lowest BCUT2D eigenvalue weighted by molar-refractivity contribution is -0.881. The van der Waals surface area contributed by atoms with Crippen LogP contribution in [0.3, 0.4) is 0 Å². The van der Waals surface area contributed by atoms with E-state index in [9.17, 15) is 18.4 Å². The van der Waals surface area contributed by atoms with Crippen LogP contribution in [0.4, 0.5) is 20.2 Å². The van der Waals surface area contributed by atoms with Crippen molar-refractivity contribution in [2.45, 2.75) is 6.92 Å². The molecule has 0 bridgehead atoms. The van der Waals surface area contributed by atoms with Gasteiger partial charge in [0.05, 0.1) is 17.1 Å². The Balaban J connectivity index is 1.94. The number of hydrogen-bond donors (Lipinski definition) is 3. The molecular formula is C19H18ClF2N4O2+. The lowest BCUT2D eigenvalue weighted by atomic mass is 10.2. The van der Waals surface area contributed by atoms with E-state index in [1.807, 2.05) is 6.07 Å². The fourth-order valence-electron chi connectivity index (χ4n) is 2.46. The van der Waals surface area contributed by atoms with E-state index >= 15 is 0 Å². The average molecular weight is 408 g/mol. The Bertz CT molecular complexity index is 910. The van der Waals surface area contributed by atoms with Gasteiger partial charge in [-0.05, 0) is 37.3 Å². The van der Waals surface area contributed by atoms with E-state index in [1.165, 1.54) is 18.2 Å². The van der Waals surface area contributed by atoms with Gasteiger partial charge < -0.3 is 15.5 Å². The molecule has 0 saturated carbocycles. The number of benzene rings is 2. The molecule has 2 amide bonds. The number of amides is 2. The molecule has 146 valence electrons. The Morgan fingerprint density at radius 1 is 1.11 bits per heavy atom. The first kappa shape index (κ1) is 21.3. The Morgan fingerprint density at radius 3 is 2.25 bits per heavy atom. The van der Waals surface area contributed by atoms with Gasteiger partial charge in [0.2, 0.25) is 0 Å². The second kappa shape index (κ2) is 9.78. The Hall–Kier alpha value is -3.02. The molecule has 2 aromatic carbocycles. The van der Waals surface area contributed by atoms with Crippen LogP contribution in [0.1, 0.15) is 12.5 Å². The van der Waals surface area contributed by atoms with Crippen LogP contribution < -0.4 is 15.5 Å². The summed E-state index contributed by atoms with van der Waals surface area (Å²) in [4.78, 5) is 24.9. The lowest BCUT2D eigenvalue weighted by Crippen LogP contribution is -3.13. The summed E-state index contributed by atoms with van der Waals surface area (Å²) < 4.78 is 27.2. The highest BCUT2D eigenvalue weighted by molar-refractivity contribution is 6.32. The quantitative estimate of drug-likeness (QED) is 0.656. The third kappa shape index (κ3) is 5.74. The third-order valence-electron chi connectivity index (χ3n) is 3.92. The van der Waals surface area contributed by atoms with Gasteiger partial charge in [0.15, 0.2) is 13.1 Å². The summed E-state index contributed by atoms with van der Waals surface area (Å²) in [5.74, 6) is -2.73. The van der Waals surface area contributed by atoms with Gasteiger partial charge in [-0.15, -0.1) is 0 Å². The van der Waals surface area contributed by atoms with Crippen molar-refractivity contribution in [1.29, 1.82) is 5.26 Å². The molecule has 0 aliphatic carbocycles. The first-order valence-electron chi connectivity index (χ1n) is 8.41. The zero-order chi connectivity index (χ0) is 20.7. The minimum atomic E-state index is -0.873. The molecule has 1 unspecified atom stereocenters. The van der Waals surface area contributed by atoms with Crippen molar-refractivity contribution in [2.24, 2.45) is 0 Å². The van der Waals surface area contributed by atoms with Crippen molar-refractivity contribution in [3.63, 3.8) is 0 Å². The molecule has 0 spiro atoms. The van der Waals surface area contributed by atoms with E-state index in [1.54, 1.807) is 13.0 Å². The largest absolute Gasteiger partial charge is 0.321 e. The summed E-state index contributed by atoms with van der Waals surface area (Å²) in [7, 11) is 0. The summed E-state index contributed by atoms with van der Waals surface area (Å²) in [5.41, 5.74) is 0.194. The van der Waals surface area contributed by atoms with Crippen molar-refractivity contribution in [1.82, 2.24) is 0 Å². The molecular weight excluding hydrogens is 390 g/mol. The second-order valence-electron chi connectivity index (χ2n) is 5.96. The molecule has 0 heterocycles. The molecule has 28 heavy (non-hydrogen) atoms. The molecule has 2 aromatic rings. The van der Waals surface area contributed by atoms with E-state index in [0.717, 1.165) is 12.1 Å². The molecule has 9 heteroatoms. The van der Waals surface area contributed by atoms with Gasteiger partial charge in [0.1, 0.15) is 23.4 Å². The number of para-hydroxylation sites is 1. The Morgan fingerprint density at radius 2 is 1.71 bits per heavy atom. The van der Waals surface area contributed by atoms with Gasteiger partial charge in [-0.2, -0.15) is 5.26 Å². The smallest absolute Gasteiger partial charge is 0.279 e. The lowest BCUT2D eigenvalue weighted by Gasteiger charge is -2.17. The number of carbonyl (C=O) groups is 2. The minimum absolute atomic E-state index is 0.0404. The summed E-state index contributed by atoms with van der Waals surface area (Å²) in [6.07, 6.45) is 0. The first-order valence-corrected chi connectivity index (χ1v) is 8.78. The maximum absolute atomic E-state index is 13.6. The minimum Gasteiger partial charge on any atom is -0.321 e. The van der Waals surface area contributed by atoms with Gasteiger partial charge >= 0.3 is 0 Å². The van der Waals surface area contributed by atoms with Crippen LogP contribution in [0, 0.1) is 23.0 Å². The zero-order valence-corrected chi connectivity index (χ0v) is 15.7. The first-order chi connectivity index (χ1) is 13.3. The Kier molecular flexibility index (Phi) is 7.44. The van der Waals surface area contributed by atoms with Crippen LogP contribution in [0.25, 0.3) is 0 Å². The monoisotopic (exact) mass is 407 g/mol.